The first-order valence-electron chi connectivity index (χ1n) is 9.12. The first-order chi connectivity index (χ1) is 13.9. The first-order valence-corrected chi connectivity index (χ1v) is 11.4. The van der Waals surface area contributed by atoms with Crippen molar-refractivity contribution in [1.82, 2.24) is 9.29 Å². The summed E-state index contributed by atoms with van der Waals surface area (Å²) in [6.45, 7) is 2.14. The SMILES string of the molecule is COc1cccc(-c2nc3c(s2)CN(S(=O)(=O)c2ccc(C(C)=O)cc2)CC3)c1. The second kappa shape index (κ2) is 7.70. The zero-order valence-electron chi connectivity index (χ0n) is 16.1. The molecular weight excluding hydrogens is 408 g/mol. The summed E-state index contributed by atoms with van der Waals surface area (Å²) in [5.41, 5.74) is 2.40. The molecule has 0 atom stereocenters. The monoisotopic (exact) mass is 428 g/mol. The van der Waals surface area contributed by atoms with Gasteiger partial charge in [-0.2, -0.15) is 4.31 Å². The highest BCUT2D eigenvalue weighted by Crippen LogP contribution is 2.34. The van der Waals surface area contributed by atoms with Crippen molar-refractivity contribution in [2.24, 2.45) is 0 Å². The van der Waals surface area contributed by atoms with Gasteiger partial charge in [-0.1, -0.05) is 24.3 Å². The van der Waals surface area contributed by atoms with Gasteiger partial charge in [-0.3, -0.25) is 4.79 Å². The van der Waals surface area contributed by atoms with Crippen LogP contribution in [-0.4, -0.2) is 37.1 Å². The quantitative estimate of drug-likeness (QED) is 0.578. The summed E-state index contributed by atoms with van der Waals surface area (Å²) in [6.07, 6.45) is 0.570. The molecule has 150 valence electrons. The minimum Gasteiger partial charge on any atom is -0.497 e. The Balaban J connectivity index is 1.59. The van der Waals surface area contributed by atoms with Gasteiger partial charge in [-0.25, -0.2) is 13.4 Å². The molecule has 0 fully saturated rings. The summed E-state index contributed by atoms with van der Waals surface area (Å²) in [5, 5.41) is 0.860. The lowest BCUT2D eigenvalue weighted by molar-refractivity contribution is 0.101. The van der Waals surface area contributed by atoms with Gasteiger partial charge >= 0.3 is 0 Å². The summed E-state index contributed by atoms with van der Waals surface area (Å²) < 4.78 is 32.9. The number of ketones is 1. The zero-order chi connectivity index (χ0) is 20.6. The van der Waals surface area contributed by atoms with Crippen molar-refractivity contribution in [1.29, 1.82) is 0 Å². The number of carbonyl (C=O) groups is 1. The largest absolute Gasteiger partial charge is 0.497 e. The average Bonchev–Trinajstić information content (AvgIpc) is 3.17. The molecule has 0 aliphatic carbocycles. The van der Waals surface area contributed by atoms with Crippen molar-refractivity contribution >= 4 is 27.1 Å². The molecule has 1 aromatic heterocycles. The maximum Gasteiger partial charge on any atom is 0.243 e. The molecule has 2 aromatic carbocycles. The van der Waals surface area contributed by atoms with Crippen LogP contribution in [0, 0.1) is 0 Å². The number of benzene rings is 2. The van der Waals surface area contributed by atoms with Gasteiger partial charge < -0.3 is 4.74 Å². The van der Waals surface area contributed by atoms with E-state index in [1.807, 2.05) is 24.3 Å². The van der Waals surface area contributed by atoms with E-state index in [1.54, 1.807) is 19.2 Å². The van der Waals surface area contributed by atoms with Crippen LogP contribution in [0.5, 0.6) is 5.75 Å². The molecule has 1 aliphatic heterocycles. The number of aromatic nitrogens is 1. The first kappa shape index (κ1) is 19.8. The predicted octanol–water partition coefficient (Wildman–Crippen LogP) is 3.77. The van der Waals surface area contributed by atoms with Gasteiger partial charge in [0.2, 0.25) is 10.0 Å². The third kappa shape index (κ3) is 3.83. The molecule has 2 heterocycles. The molecule has 0 N–H and O–H groups in total. The maximum absolute atomic E-state index is 13.0. The number of sulfonamides is 1. The van der Waals surface area contributed by atoms with Crippen molar-refractivity contribution in [3.63, 3.8) is 0 Å². The molecule has 1 aliphatic rings. The lowest BCUT2D eigenvalue weighted by Gasteiger charge is -2.25. The zero-order valence-corrected chi connectivity index (χ0v) is 17.7. The minimum absolute atomic E-state index is 0.0914. The second-order valence-electron chi connectivity index (χ2n) is 6.79. The number of Topliss-reactive ketones (excluding diaryl/α,β-unsaturated/α-hetero) is 1. The fourth-order valence-electron chi connectivity index (χ4n) is 3.27. The molecule has 0 saturated heterocycles. The molecule has 3 aromatic rings. The predicted molar refractivity (Wildman–Crippen MR) is 112 cm³/mol. The summed E-state index contributed by atoms with van der Waals surface area (Å²) in [6, 6.07) is 13.8. The Hall–Kier alpha value is -2.55. The number of thiazole rings is 1. The van der Waals surface area contributed by atoms with Gasteiger partial charge in [-0.15, -0.1) is 11.3 Å². The Labute approximate surface area is 173 Å². The number of ether oxygens (including phenoxy) is 1. The van der Waals surface area contributed by atoms with E-state index >= 15 is 0 Å². The van der Waals surface area contributed by atoms with E-state index < -0.39 is 10.0 Å². The molecule has 0 unspecified atom stereocenters. The van der Waals surface area contributed by atoms with Gasteiger partial charge in [-0.05, 0) is 31.2 Å². The summed E-state index contributed by atoms with van der Waals surface area (Å²) >= 11 is 1.51. The van der Waals surface area contributed by atoms with E-state index in [9.17, 15) is 13.2 Å². The van der Waals surface area contributed by atoms with Crippen LogP contribution in [0.3, 0.4) is 0 Å². The molecular formula is C21H20N2O4S2. The fraction of sp³-hybridized carbons (Fsp3) is 0.238. The third-order valence-electron chi connectivity index (χ3n) is 4.91. The molecule has 8 heteroatoms. The van der Waals surface area contributed by atoms with Crippen molar-refractivity contribution < 1.29 is 17.9 Å². The second-order valence-corrected chi connectivity index (χ2v) is 9.81. The van der Waals surface area contributed by atoms with E-state index in [-0.39, 0.29) is 10.7 Å². The Morgan fingerprint density at radius 2 is 1.93 bits per heavy atom. The van der Waals surface area contributed by atoms with Crippen LogP contribution >= 0.6 is 11.3 Å². The van der Waals surface area contributed by atoms with Crippen molar-refractivity contribution in [2.75, 3.05) is 13.7 Å². The summed E-state index contributed by atoms with van der Waals surface area (Å²) in [7, 11) is -2.01. The van der Waals surface area contributed by atoms with Gasteiger partial charge in [0.25, 0.3) is 0 Å². The van der Waals surface area contributed by atoms with Crippen molar-refractivity contribution in [3.8, 4) is 16.3 Å². The molecule has 6 nitrogen and oxygen atoms in total. The van der Waals surface area contributed by atoms with Gasteiger partial charge in [0, 0.05) is 29.0 Å². The van der Waals surface area contributed by atoms with E-state index in [4.69, 9.17) is 9.72 Å². The van der Waals surface area contributed by atoms with E-state index in [0.717, 1.165) is 26.9 Å². The Morgan fingerprint density at radius 3 is 2.62 bits per heavy atom. The maximum atomic E-state index is 13.0. The topological polar surface area (TPSA) is 76.6 Å². The number of fused-ring (bicyclic) bond motifs is 1. The molecule has 0 amide bonds. The summed E-state index contributed by atoms with van der Waals surface area (Å²) in [4.78, 5) is 17.3. The lowest BCUT2D eigenvalue weighted by Crippen LogP contribution is -2.35. The van der Waals surface area contributed by atoms with Crippen LogP contribution in [0.25, 0.3) is 10.6 Å². The fourth-order valence-corrected chi connectivity index (χ4v) is 5.88. The highest BCUT2D eigenvalue weighted by molar-refractivity contribution is 7.89. The van der Waals surface area contributed by atoms with Crippen LogP contribution in [0.15, 0.2) is 53.4 Å². The van der Waals surface area contributed by atoms with Crippen LogP contribution in [0.4, 0.5) is 0 Å². The number of rotatable bonds is 5. The highest BCUT2D eigenvalue weighted by Gasteiger charge is 2.30. The number of hydrogen-bond acceptors (Lipinski definition) is 6. The van der Waals surface area contributed by atoms with E-state index in [2.05, 4.69) is 0 Å². The number of methoxy groups -OCH3 is 1. The molecule has 4 rings (SSSR count). The van der Waals surface area contributed by atoms with Crippen LogP contribution in [0.1, 0.15) is 27.9 Å². The van der Waals surface area contributed by atoms with E-state index in [1.165, 1.54) is 34.7 Å². The van der Waals surface area contributed by atoms with Crippen molar-refractivity contribution in [2.45, 2.75) is 24.8 Å². The number of nitrogens with zero attached hydrogens (tertiary/aromatic N) is 2. The van der Waals surface area contributed by atoms with Crippen LogP contribution in [-0.2, 0) is 23.0 Å². The smallest absolute Gasteiger partial charge is 0.243 e. The summed E-state index contributed by atoms with van der Waals surface area (Å²) in [5.74, 6) is 0.667. The Bertz CT molecular complexity index is 1170. The number of hydrogen-bond donors (Lipinski definition) is 0. The molecule has 29 heavy (non-hydrogen) atoms. The third-order valence-corrected chi connectivity index (χ3v) is 7.90. The lowest BCUT2D eigenvalue weighted by atomic mass is 10.2. The molecule has 0 spiro atoms. The van der Waals surface area contributed by atoms with Crippen LogP contribution < -0.4 is 4.74 Å². The highest BCUT2D eigenvalue weighted by atomic mass is 32.2. The molecule has 0 saturated carbocycles. The van der Waals surface area contributed by atoms with E-state index in [0.29, 0.717) is 25.1 Å². The van der Waals surface area contributed by atoms with Gasteiger partial charge in [0.05, 0.1) is 24.2 Å². The number of carbonyl (C=O) groups excluding carboxylic acids is 1. The Morgan fingerprint density at radius 1 is 1.17 bits per heavy atom. The van der Waals surface area contributed by atoms with Gasteiger partial charge in [0.15, 0.2) is 5.78 Å². The average molecular weight is 429 g/mol. The normalized spacial score (nSPS) is 14.4. The standard InChI is InChI=1S/C21H20N2O4S2/c1-14(24)15-6-8-18(9-7-15)29(25,26)23-11-10-19-20(13-23)28-21(22-19)16-4-3-5-17(12-16)27-2/h3-9,12H,10-11,13H2,1-2H3. The minimum atomic E-state index is -3.63. The Kier molecular flexibility index (Phi) is 5.24. The van der Waals surface area contributed by atoms with Gasteiger partial charge in [0.1, 0.15) is 10.8 Å². The van der Waals surface area contributed by atoms with Crippen molar-refractivity contribution in [3.05, 3.63) is 64.7 Å². The molecule has 0 radical (unpaired) electrons. The van der Waals surface area contributed by atoms with Crippen LogP contribution in [0.2, 0.25) is 0 Å². The molecule has 0 bridgehead atoms.